The molecule has 0 amide bonds. The Hall–Kier alpha value is -2.71. The van der Waals surface area contributed by atoms with E-state index >= 15 is 0 Å². The zero-order valence-corrected chi connectivity index (χ0v) is 19.8. The minimum absolute atomic E-state index is 0.0343. The minimum atomic E-state index is -0.366. The van der Waals surface area contributed by atoms with Crippen LogP contribution in [0.4, 0.5) is 5.00 Å². The van der Waals surface area contributed by atoms with Gasteiger partial charge in [0.2, 0.25) is 0 Å². The summed E-state index contributed by atoms with van der Waals surface area (Å²) in [5.41, 5.74) is 1.46. The van der Waals surface area contributed by atoms with E-state index in [0.717, 1.165) is 10.4 Å². The highest BCUT2D eigenvalue weighted by Crippen LogP contribution is 2.36. The van der Waals surface area contributed by atoms with Crippen molar-refractivity contribution in [2.24, 2.45) is 5.41 Å². The van der Waals surface area contributed by atoms with Gasteiger partial charge in [-0.05, 0) is 42.3 Å². The van der Waals surface area contributed by atoms with Crippen molar-refractivity contribution in [3.8, 4) is 10.4 Å². The highest BCUT2D eigenvalue weighted by Gasteiger charge is 2.27. The molecule has 1 unspecified atom stereocenters. The number of hydrogen-bond acceptors (Lipinski definition) is 5. The number of aromatic nitrogens is 2. The maximum atomic E-state index is 12.6. The van der Waals surface area contributed by atoms with Gasteiger partial charge < -0.3 is 15.4 Å². The fourth-order valence-electron chi connectivity index (χ4n) is 3.02. The lowest BCUT2D eigenvalue weighted by atomic mass is 9.87. The van der Waals surface area contributed by atoms with Crippen molar-refractivity contribution in [2.45, 2.75) is 40.3 Å². The summed E-state index contributed by atoms with van der Waals surface area (Å²) in [5, 5.41) is 12.1. The van der Waals surface area contributed by atoms with E-state index in [1.54, 1.807) is 13.1 Å². The summed E-state index contributed by atoms with van der Waals surface area (Å²) >= 11 is 7.09. The molecule has 1 aromatic carbocycles. The van der Waals surface area contributed by atoms with E-state index in [9.17, 15) is 4.79 Å². The molecule has 8 heteroatoms. The van der Waals surface area contributed by atoms with Gasteiger partial charge in [0.15, 0.2) is 5.11 Å². The van der Waals surface area contributed by atoms with Gasteiger partial charge in [0, 0.05) is 17.3 Å². The van der Waals surface area contributed by atoms with Gasteiger partial charge in [0.25, 0.3) is 0 Å². The highest BCUT2D eigenvalue weighted by atomic mass is 32.1. The van der Waals surface area contributed by atoms with E-state index in [0.29, 0.717) is 28.8 Å². The van der Waals surface area contributed by atoms with Crippen molar-refractivity contribution >= 4 is 39.6 Å². The largest absolute Gasteiger partial charge is 0.462 e. The second-order valence-corrected chi connectivity index (χ2v) is 9.65. The summed E-state index contributed by atoms with van der Waals surface area (Å²) in [6.45, 7) is 9.24. The van der Waals surface area contributed by atoms with Crippen molar-refractivity contribution in [2.75, 3.05) is 11.9 Å². The highest BCUT2D eigenvalue weighted by molar-refractivity contribution is 7.80. The van der Waals surface area contributed by atoms with Crippen molar-refractivity contribution in [1.29, 1.82) is 0 Å². The van der Waals surface area contributed by atoms with Gasteiger partial charge in [-0.25, -0.2) is 4.79 Å². The fraction of sp³-hybridized carbons (Fsp3) is 0.348. The molecule has 0 bridgehead atoms. The molecule has 2 aromatic heterocycles. The second kappa shape index (κ2) is 10.1. The van der Waals surface area contributed by atoms with Crippen LogP contribution in [-0.4, -0.2) is 33.5 Å². The molecule has 2 N–H and O–H groups in total. The van der Waals surface area contributed by atoms with Crippen LogP contribution in [-0.2, 0) is 11.3 Å². The van der Waals surface area contributed by atoms with Crippen LogP contribution in [0.2, 0.25) is 0 Å². The molecule has 31 heavy (non-hydrogen) atoms. The second-order valence-electron chi connectivity index (χ2n) is 8.19. The van der Waals surface area contributed by atoms with Gasteiger partial charge >= 0.3 is 5.97 Å². The number of nitrogens with zero attached hydrogens (tertiary/aromatic N) is 2. The maximum absolute atomic E-state index is 12.6. The molecule has 3 aromatic rings. The SMILES string of the molecule is CCOC(=O)c1cc(-c2ccccc2)sc1NC(=S)NC(Cn1cccn1)C(C)(C)C. The van der Waals surface area contributed by atoms with Gasteiger partial charge in [-0.3, -0.25) is 4.68 Å². The number of rotatable bonds is 7. The van der Waals surface area contributed by atoms with Crippen LogP contribution in [0.15, 0.2) is 54.9 Å². The van der Waals surface area contributed by atoms with Gasteiger partial charge in [-0.2, -0.15) is 5.10 Å². The molecule has 0 aliphatic heterocycles. The Balaban J connectivity index is 1.81. The van der Waals surface area contributed by atoms with E-state index in [4.69, 9.17) is 17.0 Å². The first-order chi connectivity index (χ1) is 14.8. The quantitative estimate of drug-likeness (QED) is 0.377. The molecule has 0 radical (unpaired) electrons. The first-order valence-electron chi connectivity index (χ1n) is 10.2. The molecule has 3 rings (SSSR count). The normalized spacial score (nSPS) is 12.3. The Labute approximate surface area is 192 Å². The summed E-state index contributed by atoms with van der Waals surface area (Å²) in [5.74, 6) is -0.366. The van der Waals surface area contributed by atoms with Crippen LogP contribution < -0.4 is 10.6 Å². The average molecular weight is 457 g/mol. The summed E-state index contributed by atoms with van der Waals surface area (Å²) < 4.78 is 7.14. The van der Waals surface area contributed by atoms with Crippen molar-refractivity contribution in [1.82, 2.24) is 15.1 Å². The standard InChI is InChI=1S/C23H28N4O2S2/c1-5-29-21(28)17-14-18(16-10-7-6-8-11-16)31-20(17)26-22(30)25-19(23(2,3)4)15-27-13-9-12-24-27/h6-14,19H,5,15H2,1-4H3,(H2,25,26,30). The van der Waals surface area contributed by atoms with Crippen LogP contribution in [0.3, 0.4) is 0 Å². The van der Waals surface area contributed by atoms with Gasteiger partial charge in [-0.15, -0.1) is 11.3 Å². The van der Waals surface area contributed by atoms with Crippen LogP contribution in [0.5, 0.6) is 0 Å². The molecule has 0 saturated carbocycles. The lowest BCUT2D eigenvalue weighted by molar-refractivity contribution is 0.0528. The molecule has 0 saturated heterocycles. The molecule has 0 aliphatic carbocycles. The number of ether oxygens (including phenoxy) is 1. The van der Waals surface area contributed by atoms with Crippen LogP contribution in [0.25, 0.3) is 10.4 Å². The van der Waals surface area contributed by atoms with E-state index in [1.807, 2.05) is 53.3 Å². The molecule has 0 fully saturated rings. The van der Waals surface area contributed by atoms with Crippen molar-refractivity contribution in [3.05, 3.63) is 60.4 Å². The number of benzene rings is 1. The van der Waals surface area contributed by atoms with Gasteiger partial charge in [0.1, 0.15) is 5.00 Å². The Morgan fingerprint density at radius 1 is 1.26 bits per heavy atom. The van der Waals surface area contributed by atoms with Gasteiger partial charge in [-0.1, -0.05) is 51.1 Å². The summed E-state index contributed by atoms with van der Waals surface area (Å²) in [4.78, 5) is 13.5. The van der Waals surface area contributed by atoms with Crippen molar-refractivity contribution in [3.63, 3.8) is 0 Å². The Kier molecular flexibility index (Phi) is 7.46. The third-order valence-electron chi connectivity index (χ3n) is 4.79. The third-order valence-corrected chi connectivity index (χ3v) is 6.11. The Morgan fingerprint density at radius 2 is 2.00 bits per heavy atom. The monoisotopic (exact) mass is 456 g/mol. The minimum Gasteiger partial charge on any atom is -0.462 e. The maximum Gasteiger partial charge on any atom is 0.341 e. The lowest BCUT2D eigenvalue weighted by Crippen LogP contribution is -2.48. The Bertz CT molecular complexity index is 1010. The third kappa shape index (κ3) is 6.15. The first kappa shape index (κ1) is 23.0. The molecular formula is C23H28N4O2S2. The number of thiophene rings is 1. The summed E-state index contributed by atoms with van der Waals surface area (Å²) in [6, 6.07) is 13.7. The molecule has 1 atom stereocenters. The molecule has 2 heterocycles. The van der Waals surface area contributed by atoms with Crippen LogP contribution in [0, 0.1) is 5.41 Å². The van der Waals surface area contributed by atoms with E-state index in [-0.39, 0.29) is 17.4 Å². The van der Waals surface area contributed by atoms with Crippen molar-refractivity contribution < 1.29 is 9.53 Å². The van der Waals surface area contributed by atoms with E-state index in [2.05, 4.69) is 36.5 Å². The molecule has 6 nitrogen and oxygen atoms in total. The molecule has 164 valence electrons. The number of anilines is 1. The van der Waals surface area contributed by atoms with Gasteiger partial charge in [0.05, 0.1) is 24.8 Å². The predicted octanol–water partition coefficient (Wildman–Crippen LogP) is 5.19. The van der Waals surface area contributed by atoms with E-state index < -0.39 is 0 Å². The topological polar surface area (TPSA) is 68.2 Å². The zero-order chi connectivity index (χ0) is 22.4. The number of esters is 1. The Morgan fingerprint density at radius 3 is 2.61 bits per heavy atom. The smallest absolute Gasteiger partial charge is 0.341 e. The fourth-order valence-corrected chi connectivity index (χ4v) is 4.38. The number of hydrogen-bond donors (Lipinski definition) is 2. The number of thiocarbonyl (C=S) groups is 1. The lowest BCUT2D eigenvalue weighted by Gasteiger charge is -2.32. The predicted molar refractivity (Wildman–Crippen MR) is 131 cm³/mol. The molecule has 0 aliphatic rings. The number of carbonyl (C=O) groups excluding carboxylic acids is 1. The molecular weight excluding hydrogens is 428 g/mol. The van der Waals surface area contributed by atoms with Crippen LogP contribution >= 0.6 is 23.6 Å². The average Bonchev–Trinajstić information content (AvgIpc) is 3.38. The number of nitrogens with one attached hydrogen (secondary N) is 2. The summed E-state index contributed by atoms with van der Waals surface area (Å²) in [6.07, 6.45) is 3.69. The summed E-state index contributed by atoms with van der Waals surface area (Å²) in [7, 11) is 0. The molecule has 0 spiro atoms. The van der Waals surface area contributed by atoms with Crippen LogP contribution in [0.1, 0.15) is 38.1 Å². The number of carbonyl (C=O) groups is 1. The first-order valence-corrected chi connectivity index (χ1v) is 11.4. The van der Waals surface area contributed by atoms with E-state index in [1.165, 1.54) is 11.3 Å². The zero-order valence-electron chi connectivity index (χ0n) is 18.2.